The Morgan fingerprint density at radius 2 is 2.18 bits per heavy atom. The normalized spacial score (nSPS) is 27.6. The molecule has 0 saturated heterocycles. The third-order valence-electron chi connectivity index (χ3n) is 4.17. The molecule has 0 bridgehead atoms. The summed E-state index contributed by atoms with van der Waals surface area (Å²) >= 11 is 0. The minimum Gasteiger partial charge on any atom is -0.496 e. The number of hydrogen-bond donors (Lipinski definition) is 1. The van der Waals surface area contributed by atoms with Crippen LogP contribution in [0.4, 0.5) is 0 Å². The molecule has 0 aliphatic heterocycles. The molecule has 1 aliphatic rings. The van der Waals surface area contributed by atoms with Gasteiger partial charge in [-0.25, -0.2) is 0 Å². The van der Waals surface area contributed by atoms with Crippen LogP contribution in [0.5, 0.6) is 5.75 Å². The molecule has 1 N–H and O–H groups in total. The van der Waals surface area contributed by atoms with Gasteiger partial charge in [-0.3, -0.25) is 0 Å². The molecule has 0 heterocycles. The highest BCUT2D eigenvalue weighted by atomic mass is 16.5. The zero-order chi connectivity index (χ0) is 12.4. The summed E-state index contributed by atoms with van der Waals surface area (Å²) in [5.74, 6) is 2.46. The van der Waals surface area contributed by atoms with Gasteiger partial charge in [0, 0.05) is 6.04 Å². The molecule has 0 amide bonds. The number of methoxy groups -OCH3 is 1. The highest BCUT2D eigenvalue weighted by Gasteiger charge is 2.40. The number of hydrogen-bond acceptors (Lipinski definition) is 2. The summed E-state index contributed by atoms with van der Waals surface area (Å²) in [5, 5.41) is 3.41. The van der Waals surface area contributed by atoms with E-state index in [1.807, 2.05) is 0 Å². The lowest BCUT2D eigenvalue weighted by atomic mass is 9.64. The predicted molar refractivity (Wildman–Crippen MR) is 71.7 cm³/mol. The summed E-state index contributed by atoms with van der Waals surface area (Å²) < 4.78 is 5.50. The monoisotopic (exact) mass is 233 g/mol. The van der Waals surface area contributed by atoms with Crippen molar-refractivity contribution in [3.05, 3.63) is 29.3 Å². The Morgan fingerprint density at radius 1 is 1.41 bits per heavy atom. The van der Waals surface area contributed by atoms with E-state index in [1.54, 1.807) is 7.11 Å². The van der Waals surface area contributed by atoms with Gasteiger partial charge in [0.15, 0.2) is 0 Å². The van der Waals surface area contributed by atoms with E-state index in [0.29, 0.717) is 12.0 Å². The summed E-state index contributed by atoms with van der Waals surface area (Å²) in [6, 6.07) is 7.19. The quantitative estimate of drug-likeness (QED) is 0.863. The molecule has 94 valence electrons. The van der Waals surface area contributed by atoms with E-state index in [0.717, 1.165) is 11.7 Å². The maximum atomic E-state index is 5.50. The van der Waals surface area contributed by atoms with Crippen LogP contribution in [0.1, 0.15) is 36.8 Å². The molecule has 0 spiro atoms. The average Bonchev–Trinajstić information content (AvgIpc) is 2.29. The molecule has 2 rings (SSSR count). The summed E-state index contributed by atoms with van der Waals surface area (Å²) in [7, 11) is 3.83. The van der Waals surface area contributed by atoms with Crippen molar-refractivity contribution in [2.45, 2.75) is 38.6 Å². The van der Waals surface area contributed by atoms with Crippen LogP contribution in [-0.2, 0) is 0 Å². The van der Waals surface area contributed by atoms with Crippen LogP contribution in [0.2, 0.25) is 0 Å². The third-order valence-corrected chi connectivity index (χ3v) is 4.17. The van der Waals surface area contributed by atoms with Crippen LogP contribution in [0.3, 0.4) is 0 Å². The second-order valence-corrected chi connectivity index (χ2v) is 5.05. The van der Waals surface area contributed by atoms with Gasteiger partial charge in [0.2, 0.25) is 0 Å². The lowest BCUT2D eigenvalue weighted by Gasteiger charge is -2.45. The summed E-state index contributed by atoms with van der Waals surface area (Å²) in [5.41, 5.74) is 2.72. The Kier molecular flexibility index (Phi) is 3.72. The van der Waals surface area contributed by atoms with Crippen molar-refractivity contribution in [1.29, 1.82) is 0 Å². The molecule has 1 saturated carbocycles. The molecular formula is C15H23NO. The average molecular weight is 233 g/mol. The van der Waals surface area contributed by atoms with E-state index in [4.69, 9.17) is 4.74 Å². The fourth-order valence-corrected chi connectivity index (χ4v) is 3.11. The molecule has 2 heteroatoms. The molecule has 3 unspecified atom stereocenters. The van der Waals surface area contributed by atoms with Crippen LogP contribution in [0.15, 0.2) is 18.2 Å². The van der Waals surface area contributed by atoms with Gasteiger partial charge >= 0.3 is 0 Å². The van der Waals surface area contributed by atoms with Crippen LogP contribution in [-0.4, -0.2) is 20.2 Å². The molecule has 1 aromatic rings. The van der Waals surface area contributed by atoms with Gasteiger partial charge in [-0.1, -0.05) is 31.0 Å². The van der Waals surface area contributed by atoms with Crippen LogP contribution < -0.4 is 10.1 Å². The number of rotatable bonds is 4. The van der Waals surface area contributed by atoms with E-state index in [1.165, 1.54) is 24.0 Å². The SMILES string of the molecule is CCC1C(NC)CC1c1cc(C)ccc1OC. The molecule has 0 aromatic heterocycles. The second kappa shape index (κ2) is 5.09. The molecule has 1 fully saturated rings. The zero-order valence-electron chi connectivity index (χ0n) is 11.3. The first-order chi connectivity index (χ1) is 8.21. The van der Waals surface area contributed by atoms with Crippen molar-refractivity contribution < 1.29 is 4.74 Å². The largest absolute Gasteiger partial charge is 0.496 e. The lowest BCUT2D eigenvalue weighted by molar-refractivity contribution is 0.166. The van der Waals surface area contributed by atoms with Crippen molar-refractivity contribution in [3.63, 3.8) is 0 Å². The molecule has 3 atom stereocenters. The first-order valence-corrected chi connectivity index (χ1v) is 6.53. The van der Waals surface area contributed by atoms with Crippen molar-refractivity contribution in [2.24, 2.45) is 5.92 Å². The summed E-state index contributed by atoms with van der Waals surface area (Å²) in [6.45, 7) is 4.43. The van der Waals surface area contributed by atoms with Crippen molar-refractivity contribution in [1.82, 2.24) is 5.32 Å². The fourth-order valence-electron chi connectivity index (χ4n) is 3.11. The number of ether oxygens (including phenoxy) is 1. The Hall–Kier alpha value is -1.02. The van der Waals surface area contributed by atoms with Gasteiger partial charge in [-0.15, -0.1) is 0 Å². The van der Waals surface area contributed by atoms with Gasteiger partial charge in [-0.2, -0.15) is 0 Å². The Labute approximate surface area is 104 Å². The van der Waals surface area contributed by atoms with Crippen molar-refractivity contribution in [3.8, 4) is 5.75 Å². The minimum absolute atomic E-state index is 0.660. The van der Waals surface area contributed by atoms with Gasteiger partial charge in [0.1, 0.15) is 5.75 Å². The van der Waals surface area contributed by atoms with Gasteiger partial charge in [0.25, 0.3) is 0 Å². The fraction of sp³-hybridized carbons (Fsp3) is 0.600. The Balaban J connectivity index is 2.25. The van der Waals surface area contributed by atoms with Crippen molar-refractivity contribution >= 4 is 0 Å². The highest BCUT2D eigenvalue weighted by molar-refractivity contribution is 5.41. The maximum Gasteiger partial charge on any atom is 0.122 e. The van der Waals surface area contributed by atoms with E-state index in [-0.39, 0.29) is 0 Å². The van der Waals surface area contributed by atoms with Crippen LogP contribution >= 0.6 is 0 Å². The lowest BCUT2D eigenvalue weighted by Crippen LogP contribution is -2.47. The molecule has 0 radical (unpaired) electrons. The minimum atomic E-state index is 0.660. The topological polar surface area (TPSA) is 21.3 Å². The summed E-state index contributed by atoms with van der Waals surface area (Å²) in [6.07, 6.45) is 2.46. The maximum absolute atomic E-state index is 5.50. The first-order valence-electron chi connectivity index (χ1n) is 6.53. The molecule has 1 aromatic carbocycles. The van der Waals surface area contributed by atoms with Crippen LogP contribution in [0.25, 0.3) is 0 Å². The number of nitrogens with one attached hydrogen (secondary N) is 1. The highest BCUT2D eigenvalue weighted by Crippen LogP contribution is 2.47. The molecule has 17 heavy (non-hydrogen) atoms. The Bertz CT molecular complexity index is 389. The predicted octanol–water partition coefficient (Wildman–Crippen LogP) is 3.11. The van der Waals surface area contributed by atoms with Crippen molar-refractivity contribution in [2.75, 3.05) is 14.2 Å². The van der Waals surface area contributed by atoms with E-state index in [2.05, 4.69) is 44.4 Å². The number of aryl methyl sites for hydroxylation is 1. The standard InChI is InChI=1S/C15H23NO/c1-5-11-12(9-14(11)16-3)13-8-10(2)6-7-15(13)17-4/h6-8,11-12,14,16H,5,9H2,1-4H3. The van der Waals surface area contributed by atoms with E-state index >= 15 is 0 Å². The van der Waals surface area contributed by atoms with E-state index in [9.17, 15) is 0 Å². The van der Waals surface area contributed by atoms with Gasteiger partial charge in [-0.05, 0) is 43.9 Å². The van der Waals surface area contributed by atoms with Gasteiger partial charge in [0.05, 0.1) is 7.11 Å². The second-order valence-electron chi connectivity index (χ2n) is 5.05. The third kappa shape index (κ3) is 2.19. The molecule has 2 nitrogen and oxygen atoms in total. The summed E-state index contributed by atoms with van der Waals surface area (Å²) in [4.78, 5) is 0. The molecular weight excluding hydrogens is 210 g/mol. The smallest absolute Gasteiger partial charge is 0.122 e. The van der Waals surface area contributed by atoms with Gasteiger partial charge < -0.3 is 10.1 Å². The Morgan fingerprint density at radius 3 is 2.76 bits per heavy atom. The first kappa shape index (κ1) is 12.4. The zero-order valence-corrected chi connectivity index (χ0v) is 11.3. The van der Waals surface area contributed by atoms with Crippen LogP contribution in [0, 0.1) is 12.8 Å². The molecule has 1 aliphatic carbocycles. The van der Waals surface area contributed by atoms with E-state index < -0.39 is 0 Å². The number of benzene rings is 1.